The molecule has 1 heterocycles. The van der Waals surface area contributed by atoms with E-state index in [1.165, 1.54) is 12.5 Å². The van der Waals surface area contributed by atoms with Crippen molar-refractivity contribution >= 4 is 5.69 Å². The zero-order valence-corrected chi connectivity index (χ0v) is 9.27. The minimum atomic E-state index is 0.392. The fourth-order valence-corrected chi connectivity index (χ4v) is 1.34. The molecule has 1 aromatic carbocycles. The average Bonchev–Trinajstić information content (AvgIpc) is 2.27. The zero-order valence-electron chi connectivity index (χ0n) is 9.27. The maximum Gasteiger partial charge on any atom is 0.245 e. The van der Waals surface area contributed by atoms with Crippen LogP contribution < -0.4 is 10.5 Å². The third-order valence-electron chi connectivity index (χ3n) is 2.25. The number of aromatic nitrogens is 2. The Bertz CT molecular complexity index is 511. The lowest BCUT2D eigenvalue weighted by Gasteiger charge is -2.09. The van der Waals surface area contributed by atoms with Crippen molar-refractivity contribution in [2.45, 2.75) is 13.8 Å². The van der Waals surface area contributed by atoms with Gasteiger partial charge in [-0.15, -0.1) is 0 Å². The number of benzene rings is 1. The van der Waals surface area contributed by atoms with Gasteiger partial charge in [0, 0.05) is 0 Å². The number of nitrogens with zero attached hydrogens (tertiary/aromatic N) is 2. The van der Waals surface area contributed by atoms with E-state index in [2.05, 4.69) is 9.97 Å². The van der Waals surface area contributed by atoms with E-state index in [0.29, 0.717) is 11.6 Å². The molecule has 0 spiro atoms. The van der Waals surface area contributed by atoms with E-state index < -0.39 is 0 Å². The molecule has 0 aliphatic heterocycles. The minimum absolute atomic E-state index is 0.392. The van der Waals surface area contributed by atoms with E-state index in [1.807, 2.05) is 32.0 Å². The summed E-state index contributed by atoms with van der Waals surface area (Å²) in [4.78, 5) is 7.80. The summed E-state index contributed by atoms with van der Waals surface area (Å²) >= 11 is 0. The summed E-state index contributed by atoms with van der Waals surface area (Å²) in [6.45, 7) is 3.99. The number of hydrogen-bond donors (Lipinski definition) is 1. The summed E-state index contributed by atoms with van der Waals surface area (Å²) in [6, 6.07) is 5.99. The molecule has 0 aliphatic rings. The van der Waals surface area contributed by atoms with Crippen LogP contribution in [0, 0.1) is 13.8 Å². The van der Waals surface area contributed by atoms with Gasteiger partial charge in [0.15, 0.2) is 0 Å². The third-order valence-corrected chi connectivity index (χ3v) is 2.25. The number of nitrogens with two attached hydrogens (primary N) is 1. The van der Waals surface area contributed by atoms with Crippen LogP contribution in [0.5, 0.6) is 11.6 Å². The van der Waals surface area contributed by atoms with Crippen LogP contribution >= 0.6 is 0 Å². The van der Waals surface area contributed by atoms with E-state index in [1.54, 1.807) is 0 Å². The van der Waals surface area contributed by atoms with Crippen molar-refractivity contribution < 1.29 is 4.74 Å². The Morgan fingerprint density at radius 2 is 2.06 bits per heavy atom. The van der Waals surface area contributed by atoms with E-state index in [-0.39, 0.29) is 0 Å². The molecule has 4 heteroatoms. The highest BCUT2D eigenvalue weighted by molar-refractivity contribution is 5.48. The number of anilines is 1. The lowest BCUT2D eigenvalue weighted by molar-refractivity contribution is 0.460. The van der Waals surface area contributed by atoms with Gasteiger partial charge in [0.1, 0.15) is 17.8 Å². The summed E-state index contributed by atoms with van der Waals surface area (Å²) in [5.74, 6) is 1.16. The largest absolute Gasteiger partial charge is 0.437 e. The second-order valence-electron chi connectivity index (χ2n) is 3.65. The first-order valence-electron chi connectivity index (χ1n) is 4.97. The fourth-order valence-electron chi connectivity index (χ4n) is 1.34. The van der Waals surface area contributed by atoms with Gasteiger partial charge >= 0.3 is 0 Å². The first-order chi connectivity index (χ1) is 7.66. The normalized spacial score (nSPS) is 10.1. The highest BCUT2D eigenvalue weighted by Gasteiger charge is 2.05. The SMILES string of the molecule is Cc1ccc(C)c(Oc2ncncc2N)c1. The Hall–Kier alpha value is -2.10. The third kappa shape index (κ3) is 2.11. The number of hydrogen-bond acceptors (Lipinski definition) is 4. The van der Waals surface area contributed by atoms with Gasteiger partial charge in [-0.25, -0.2) is 4.98 Å². The zero-order chi connectivity index (χ0) is 11.5. The molecule has 16 heavy (non-hydrogen) atoms. The average molecular weight is 215 g/mol. The Kier molecular flexibility index (Phi) is 2.72. The highest BCUT2D eigenvalue weighted by atomic mass is 16.5. The molecule has 1 aromatic heterocycles. The molecule has 0 amide bonds. The Balaban J connectivity index is 2.34. The van der Waals surface area contributed by atoms with Crippen LogP contribution in [0.4, 0.5) is 5.69 Å². The molecule has 2 N–H and O–H groups in total. The molecule has 0 unspecified atom stereocenters. The van der Waals surface area contributed by atoms with Crippen LogP contribution in [-0.2, 0) is 0 Å². The summed E-state index contributed by atoms with van der Waals surface area (Å²) < 4.78 is 5.64. The summed E-state index contributed by atoms with van der Waals surface area (Å²) in [6.07, 6.45) is 2.93. The summed E-state index contributed by atoms with van der Waals surface area (Å²) in [5, 5.41) is 0. The molecule has 0 radical (unpaired) electrons. The first kappa shape index (κ1) is 10.4. The molecule has 0 fully saturated rings. The summed E-state index contributed by atoms with van der Waals surface area (Å²) in [7, 11) is 0. The standard InChI is InChI=1S/C12H13N3O/c1-8-3-4-9(2)11(5-8)16-12-10(13)6-14-7-15-12/h3-7H,13H2,1-2H3. The number of ether oxygens (including phenoxy) is 1. The van der Waals surface area contributed by atoms with Gasteiger partial charge in [-0.2, -0.15) is 4.98 Å². The monoisotopic (exact) mass is 215 g/mol. The van der Waals surface area contributed by atoms with Crippen molar-refractivity contribution in [2.75, 3.05) is 5.73 Å². The van der Waals surface area contributed by atoms with Gasteiger partial charge in [0.05, 0.1) is 6.20 Å². The second-order valence-corrected chi connectivity index (χ2v) is 3.65. The molecule has 0 saturated heterocycles. The molecule has 0 atom stereocenters. The molecular formula is C12H13N3O. The maximum absolute atomic E-state index is 5.71. The van der Waals surface area contributed by atoms with Crippen LogP contribution in [-0.4, -0.2) is 9.97 Å². The van der Waals surface area contributed by atoms with Crippen LogP contribution in [0.3, 0.4) is 0 Å². The van der Waals surface area contributed by atoms with Crippen molar-refractivity contribution in [1.82, 2.24) is 9.97 Å². The van der Waals surface area contributed by atoms with Gasteiger partial charge < -0.3 is 10.5 Å². The first-order valence-corrected chi connectivity index (χ1v) is 4.97. The quantitative estimate of drug-likeness (QED) is 0.835. The molecule has 0 saturated carbocycles. The van der Waals surface area contributed by atoms with Crippen LogP contribution in [0.1, 0.15) is 11.1 Å². The Labute approximate surface area is 94.1 Å². The molecular weight excluding hydrogens is 202 g/mol. The van der Waals surface area contributed by atoms with E-state index in [0.717, 1.165) is 16.9 Å². The topological polar surface area (TPSA) is 61.0 Å². The molecule has 0 aliphatic carbocycles. The Morgan fingerprint density at radius 1 is 1.25 bits per heavy atom. The number of aryl methyl sites for hydroxylation is 2. The van der Waals surface area contributed by atoms with Gasteiger partial charge in [-0.3, -0.25) is 0 Å². The van der Waals surface area contributed by atoms with Gasteiger partial charge in [-0.05, 0) is 31.0 Å². The minimum Gasteiger partial charge on any atom is -0.437 e. The van der Waals surface area contributed by atoms with Crippen LogP contribution in [0.2, 0.25) is 0 Å². The van der Waals surface area contributed by atoms with E-state index >= 15 is 0 Å². The maximum atomic E-state index is 5.71. The van der Waals surface area contributed by atoms with Gasteiger partial charge in [0.2, 0.25) is 5.88 Å². The van der Waals surface area contributed by atoms with Crippen molar-refractivity contribution in [1.29, 1.82) is 0 Å². The van der Waals surface area contributed by atoms with Crippen molar-refractivity contribution in [2.24, 2.45) is 0 Å². The van der Waals surface area contributed by atoms with Crippen molar-refractivity contribution in [3.8, 4) is 11.6 Å². The molecule has 4 nitrogen and oxygen atoms in total. The van der Waals surface area contributed by atoms with Crippen LogP contribution in [0.15, 0.2) is 30.7 Å². The van der Waals surface area contributed by atoms with Gasteiger partial charge in [-0.1, -0.05) is 12.1 Å². The molecule has 2 aromatic rings. The Morgan fingerprint density at radius 3 is 2.81 bits per heavy atom. The van der Waals surface area contributed by atoms with E-state index in [9.17, 15) is 0 Å². The van der Waals surface area contributed by atoms with Gasteiger partial charge in [0.25, 0.3) is 0 Å². The summed E-state index contributed by atoms with van der Waals surface area (Å²) in [5.41, 5.74) is 8.32. The second kappa shape index (κ2) is 4.18. The molecule has 2 rings (SSSR count). The van der Waals surface area contributed by atoms with E-state index in [4.69, 9.17) is 10.5 Å². The lowest BCUT2D eigenvalue weighted by Crippen LogP contribution is -1.97. The predicted molar refractivity (Wildman–Crippen MR) is 62.4 cm³/mol. The number of nitrogen functional groups attached to an aromatic ring is 1. The lowest BCUT2D eigenvalue weighted by atomic mass is 10.1. The highest BCUT2D eigenvalue weighted by Crippen LogP contribution is 2.27. The fraction of sp³-hybridized carbons (Fsp3) is 0.167. The van der Waals surface area contributed by atoms with Crippen LogP contribution in [0.25, 0.3) is 0 Å². The smallest absolute Gasteiger partial charge is 0.245 e. The van der Waals surface area contributed by atoms with Crippen molar-refractivity contribution in [3.63, 3.8) is 0 Å². The molecule has 0 bridgehead atoms. The van der Waals surface area contributed by atoms with Crippen molar-refractivity contribution in [3.05, 3.63) is 41.9 Å². The number of rotatable bonds is 2. The molecule has 82 valence electrons. The predicted octanol–water partition coefficient (Wildman–Crippen LogP) is 2.47.